The number of H-pyrrole nitrogens is 1. The number of amides is 1. The molecule has 2 heterocycles. The highest BCUT2D eigenvalue weighted by Crippen LogP contribution is 2.23. The summed E-state index contributed by atoms with van der Waals surface area (Å²) >= 11 is 0. The molecule has 0 atom stereocenters. The Morgan fingerprint density at radius 2 is 1.73 bits per heavy atom. The van der Waals surface area contributed by atoms with E-state index in [1.807, 2.05) is 61.5 Å². The van der Waals surface area contributed by atoms with Crippen molar-refractivity contribution in [1.82, 2.24) is 25.4 Å². The molecule has 5 rings (SSSR count). The summed E-state index contributed by atoms with van der Waals surface area (Å²) in [7, 11) is 1.57. The third-order valence-corrected chi connectivity index (χ3v) is 6.76. The van der Waals surface area contributed by atoms with E-state index in [4.69, 9.17) is 23.9 Å². The molecule has 12 heteroatoms. The maximum absolute atomic E-state index is 13.3. The van der Waals surface area contributed by atoms with Crippen LogP contribution >= 0.6 is 0 Å². The standard InChI is InChI=1S/C32H31N7O5/c1-23-29(34-31(43-23)25-7-4-3-5-8-25)17-20-42-27-11-9-24(10-12-27)21-38(22-30-35-36-37-39(30)19-6-18-33)32(40)44-28-15-13-26(41-2)14-16-28/h3-5,7-16H,6,17,19-22H2,1-2H3/p+1. The van der Waals surface area contributed by atoms with E-state index in [0.717, 1.165) is 22.6 Å². The van der Waals surface area contributed by atoms with Crippen LogP contribution < -0.4 is 18.9 Å². The maximum atomic E-state index is 13.3. The number of aryl methyl sites for hydroxylation is 2. The van der Waals surface area contributed by atoms with Crippen molar-refractivity contribution in [2.75, 3.05) is 13.7 Å². The first-order valence-electron chi connectivity index (χ1n) is 14.0. The van der Waals surface area contributed by atoms with Gasteiger partial charge in [0.25, 0.3) is 0 Å². The van der Waals surface area contributed by atoms with Crippen LogP contribution in [0.3, 0.4) is 0 Å². The average Bonchev–Trinajstić information content (AvgIpc) is 3.66. The summed E-state index contributed by atoms with van der Waals surface area (Å²) < 4.78 is 24.3. The largest absolute Gasteiger partial charge is 0.497 e. The zero-order chi connectivity index (χ0) is 30.7. The lowest BCUT2D eigenvalue weighted by atomic mass is 10.2. The number of ether oxygens (including phenoxy) is 3. The minimum atomic E-state index is -0.566. The van der Waals surface area contributed by atoms with E-state index in [0.29, 0.717) is 48.5 Å². The Kier molecular flexibility index (Phi) is 9.79. The van der Waals surface area contributed by atoms with Crippen molar-refractivity contribution in [2.24, 2.45) is 0 Å². The highest BCUT2D eigenvalue weighted by atomic mass is 16.6. The third kappa shape index (κ3) is 7.77. The van der Waals surface area contributed by atoms with Gasteiger partial charge in [0.05, 0.1) is 31.9 Å². The number of hydrogen-bond donors (Lipinski definition) is 1. The predicted molar refractivity (Wildman–Crippen MR) is 157 cm³/mol. The topological polar surface area (TPSA) is 143 Å². The molecule has 1 N–H and O–H groups in total. The second kappa shape index (κ2) is 14.5. The Labute approximate surface area is 254 Å². The number of benzene rings is 3. The molecule has 44 heavy (non-hydrogen) atoms. The van der Waals surface area contributed by atoms with E-state index >= 15 is 0 Å². The van der Waals surface area contributed by atoms with Gasteiger partial charge >= 0.3 is 11.9 Å². The fraction of sp³-hybridized carbons (Fsp3) is 0.250. The zero-order valence-electron chi connectivity index (χ0n) is 24.5. The van der Waals surface area contributed by atoms with Crippen LogP contribution in [0.5, 0.6) is 17.2 Å². The lowest BCUT2D eigenvalue weighted by Gasteiger charge is -2.20. The molecule has 1 amide bonds. The molecule has 3 aromatic carbocycles. The van der Waals surface area contributed by atoms with Gasteiger partial charge in [-0.3, -0.25) is 4.90 Å². The summed E-state index contributed by atoms with van der Waals surface area (Å²) in [5.74, 6) is 3.57. The molecule has 5 aromatic rings. The first-order chi connectivity index (χ1) is 21.5. The van der Waals surface area contributed by atoms with Gasteiger partial charge in [-0.1, -0.05) is 35.5 Å². The van der Waals surface area contributed by atoms with E-state index in [1.165, 1.54) is 4.90 Å². The number of nitrogens with one attached hydrogen (secondary N) is 1. The van der Waals surface area contributed by atoms with Gasteiger partial charge in [-0.2, -0.15) is 9.94 Å². The Hall–Kier alpha value is -5.70. The average molecular weight is 595 g/mol. The van der Waals surface area contributed by atoms with Gasteiger partial charge in [-0.25, -0.2) is 9.78 Å². The van der Waals surface area contributed by atoms with E-state index in [1.54, 1.807) is 36.1 Å². The number of aromatic amines is 1. The van der Waals surface area contributed by atoms with Crippen LogP contribution in [-0.4, -0.2) is 45.2 Å². The Morgan fingerprint density at radius 1 is 1.00 bits per heavy atom. The van der Waals surface area contributed by atoms with E-state index < -0.39 is 6.09 Å². The molecule has 0 spiro atoms. The molecule has 224 valence electrons. The lowest BCUT2D eigenvalue weighted by Crippen LogP contribution is -2.43. The minimum Gasteiger partial charge on any atom is -0.497 e. The van der Waals surface area contributed by atoms with Crippen LogP contribution in [0, 0.1) is 18.3 Å². The fourth-order valence-corrected chi connectivity index (χ4v) is 4.41. The molecule has 0 aliphatic carbocycles. The van der Waals surface area contributed by atoms with Gasteiger partial charge in [0.1, 0.15) is 41.2 Å². The number of rotatable bonds is 13. The number of carbonyl (C=O) groups is 1. The van der Waals surface area contributed by atoms with Gasteiger partial charge in [-0.15, -0.1) is 0 Å². The molecule has 0 saturated heterocycles. The van der Waals surface area contributed by atoms with Crippen molar-refractivity contribution in [3.05, 3.63) is 102 Å². The lowest BCUT2D eigenvalue weighted by molar-refractivity contribution is -0.760. The maximum Gasteiger partial charge on any atom is 0.416 e. The number of methoxy groups -OCH3 is 1. The van der Waals surface area contributed by atoms with Crippen LogP contribution in [0.15, 0.2) is 83.3 Å². The summed E-state index contributed by atoms with van der Waals surface area (Å²) in [6, 6.07) is 26.1. The molecule has 0 saturated carbocycles. The van der Waals surface area contributed by atoms with Gasteiger partial charge in [-0.05, 0) is 61.0 Å². The number of aromatic nitrogens is 5. The van der Waals surface area contributed by atoms with Crippen molar-refractivity contribution >= 4 is 6.09 Å². The number of nitrogens with zero attached hydrogens (tertiary/aromatic N) is 6. The summed E-state index contributed by atoms with van der Waals surface area (Å²) in [5, 5.41) is 19.7. The molecular formula is C32H32N7O5+. The molecule has 0 unspecified atom stereocenters. The second-order valence-electron chi connectivity index (χ2n) is 9.81. The molecular weight excluding hydrogens is 562 g/mol. The third-order valence-electron chi connectivity index (χ3n) is 6.76. The quantitative estimate of drug-likeness (QED) is 0.190. The van der Waals surface area contributed by atoms with Crippen molar-refractivity contribution in [3.63, 3.8) is 0 Å². The summed E-state index contributed by atoms with van der Waals surface area (Å²) in [6.07, 6.45) is 0.297. The first-order valence-corrected chi connectivity index (χ1v) is 14.0. The van der Waals surface area contributed by atoms with Crippen LogP contribution in [0.2, 0.25) is 0 Å². The number of carbonyl (C=O) groups excluding carboxylic acids is 1. The van der Waals surface area contributed by atoms with E-state index in [2.05, 4.69) is 26.6 Å². The number of oxazole rings is 1. The highest BCUT2D eigenvalue weighted by molar-refractivity contribution is 5.70. The molecule has 0 aliphatic rings. The van der Waals surface area contributed by atoms with Crippen LogP contribution in [0.1, 0.15) is 29.3 Å². The van der Waals surface area contributed by atoms with Crippen molar-refractivity contribution in [1.29, 1.82) is 5.26 Å². The van der Waals surface area contributed by atoms with Gasteiger partial charge in [0.2, 0.25) is 5.89 Å². The second-order valence-corrected chi connectivity index (χ2v) is 9.81. The molecule has 2 aromatic heterocycles. The van der Waals surface area contributed by atoms with Crippen LogP contribution in [-0.2, 0) is 26.1 Å². The highest BCUT2D eigenvalue weighted by Gasteiger charge is 2.24. The number of hydrogen-bond acceptors (Lipinski definition) is 9. The van der Waals surface area contributed by atoms with E-state index in [9.17, 15) is 4.79 Å². The van der Waals surface area contributed by atoms with E-state index in [-0.39, 0.29) is 19.5 Å². The minimum absolute atomic E-state index is 0.108. The van der Waals surface area contributed by atoms with Crippen LogP contribution in [0.4, 0.5) is 4.79 Å². The zero-order valence-corrected chi connectivity index (χ0v) is 24.5. The Bertz CT molecular complexity index is 1690. The Balaban J connectivity index is 1.22. The van der Waals surface area contributed by atoms with Gasteiger partial charge in [0.15, 0.2) is 5.21 Å². The molecule has 0 radical (unpaired) electrons. The molecule has 0 fully saturated rings. The summed E-state index contributed by atoms with van der Waals surface area (Å²) in [6.45, 7) is 3.04. The predicted octanol–water partition coefficient (Wildman–Crippen LogP) is 4.80. The SMILES string of the molecule is COc1ccc(OC(=O)N(Cc2ccc(OCCc3nc(-c4ccccc4)oc3C)cc2)Cc2nn[nH][n+]2CCC#N)cc1. The monoisotopic (exact) mass is 594 g/mol. The molecule has 0 bridgehead atoms. The normalized spacial score (nSPS) is 10.7. The summed E-state index contributed by atoms with van der Waals surface area (Å²) in [5.41, 5.74) is 2.64. The Morgan fingerprint density at radius 3 is 2.45 bits per heavy atom. The van der Waals surface area contributed by atoms with Crippen molar-refractivity contribution in [3.8, 4) is 34.8 Å². The molecule has 0 aliphatic heterocycles. The van der Waals surface area contributed by atoms with Gasteiger partial charge < -0.3 is 18.6 Å². The van der Waals surface area contributed by atoms with Crippen LogP contribution in [0.25, 0.3) is 11.5 Å². The van der Waals surface area contributed by atoms with Crippen molar-refractivity contribution in [2.45, 2.75) is 39.4 Å². The summed E-state index contributed by atoms with van der Waals surface area (Å²) in [4.78, 5) is 19.4. The molecule has 12 nitrogen and oxygen atoms in total. The fourth-order valence-electron chi connectivity index (χ4n) is 4.41. The van der Waals surface area contributed by atoms with Gasteiger partial charge in [0, 0.05) is 18.5 Å². The van der Waals surface area contributed by atoms with Crippen molar-refractivity contribution < 1.29 is 28.1 Å². The smallest absolute Gasteiger partial charge is 0.416 e. The first kappa shape index (κ1) is 29.8. The number of tetrazole rings is 1. The number of nitriles is 1.